The highest BCUT2D eigenvalue weighted by Crippen LogP contribution is 2.24. The zero-order chi connectivity index (χ0) is 20.9. The number of aliphatic imine (C=N–C) groups is 1. The molecule has 1 aliphatic rings. The van der Waals surface area contributed by atoms with Crippen LogP contribution in [0.3, 0.4) is 0 Å². The SMILES string of the molecule is CN=C(NCCS(=O)(=O)c1ccccc1)NC1CCN(c2ccc(F)cc2F)C1. The molecule has 29 heavy (non-hydrogen) atoms. The van der Waals surface area contributed by atoms with Gasteiger partial charge in [-0.2, -0.15) is 0 Å². The van der Waals surface area contributed by atoms with Crippen LogP contribution in [0.5, 0.6) is 0 Å². The number of rotatable bonds is 6. The zero-order valence-corrected chi connectivity index (χ0v) is 16.9. The molecule has 6 nitrogen and oxygen atoms in total. The molecule has 1 aliphatic heterocycles. The van der Waals surface area contributed by atoms with Crippen LogP contribution in [0.15, 0.2) is 58.4 Å². The standard InChI is InChI=1S/C20H24F2N4O2S/c1-23-20(24-10-12-29(27,28)17-5-3-2-4-6-17)25-16-9-11-26(14-16)19-8-7-15(21)13-18(19)22/h2-8,13,16H,9-12,14H2,1H3,(H2,23,24,25). The van der Waals surface area contributed by atoms with Gasteiger partial charge in [-0.25, -0.2) is 17.2 Å². The minimum atomic E-state index is -3.37. The lowest BCUT2D eigenvalue weighted by Gasteiger charge is -2.21. The lowest BCUT2D eigenvalue weighted by molar-refractivity contribution is 0.580. The minimum Gasteiger partial charge on any atom is -0.367 e. The third-order valence-electron chi connectivity index (χ3n) is 4.77. The van der Waals surface area contributed by atoms with E-state index in [0.717, 1.165) is 12.5 Å². The summed E-state index contributed by atoms with van der Waals surface area (Å²) in [6, 6.07) is 11.9. The van der Waals surface area contributed by atoms with Crippen LogP contribution in [0.25, 0.3) is 0 Å². The number of halogens is 2. The van der Waals surface area contributed by atoms with E-state index < -0.39 is 21.5 Å². The van der Waals surface area contributed by atoms with Gasteiger partial charge < -0.3 is 15.5 Å². The predicted molar refractivity (Wildman–Crippen MR) is 110 cm³/mol. The van der Waals surface area contributed by atoms with E-state index in [2.05, 4.69) is 15.6 Å². The molecule has 1 heterocycles. The van der Waals surface area contributed by atoms with E-state index in [-0.39, 0.29) is 23.2 Å². The molecule has 2 N–H and O–H groups in total. The number of hydrogen-bond donors (Lipinski definition) is 2. The van der Waals surface area contributed by atoms with Gasteiger partial charge in [0.1, 0.15) is 11.6 Å². The lowest BCUT2D eigenvalue weighted by atomic mass is 10.2. The Balaban J connectivity index is 1.51. The normalized spacial score (nSPS) is 17.4. The summed E-state index contributed by atoms with van der Waals surface area (Å²) in [7, 11) is -1.77. The molecule has 0 radical (unpaired) electrons. The van der Waals surface area contributed by atoms with Gasteiger partial charge in [0.25, 0.3) is 0 Å². The molecule has 2 aromatic carbocycles. The van der Waals surface area contributed by atoms with Crippen LogP contribution in [0, 0.1) is 11.6 Å². The summed E-state index contributed by atoms with van der Waals surface area (Å²) >= 11 is 0. The second kappa shape index (κ2) is 9.21. The van der Waals surface area contributed by atoms with Crippen molar-refractivity contribution in [1.82, 2.24) is 10.6 Å². The largest absolute Gasteiger partial charge is 0.367 e. The fraction of sp³-hybridized carbons (Fsp3) is 0.350. The van der Waals surface area contributed by atoms with Gasteiger partial charge in [-0.3, -0.25) is 4.99 Å². The van der Waals surface area contributed by atoms with Crippen LogP contribution in [0.4, 0.5) is 14.5 Å². The van der Waals surface area contributed by atoms with E-state index in [9.17, 15) is 17.2 Å². The third-order valence-corrected chi connectivity index (χ3v) is 6.50. The molecule has 2 aromatic rings. The summed E-state index contributed by atoms with van der Waals surface area (Å²) in [5.41, 5.74) is 0.368. The smallest absolute Gasteiger partial charge is 0.191 e. The molecule has 0 aromatic heterocycles. The first-order chi connectivity index (χ1) is 13.9. The minimum absolute atomic E-state index is 0.0105. The maximum Gasteiger partial charge on any atom is 0.191 e. The van der Waals surface area contributed by atoms with E-state index in [1.807, 2.05) is 4.90 Å². The van der Waals surface area contributed by atoms with Crippen molar-refractivity contribution in [3.63, 3.8) is 0 Å². The Bertz CT molecular complexity index is 968. The number of hydrogen-bond acceptors (Lipinski definition) is 4. The molecular formula is C20H24F2N4O2S. The maximum atomic E-state index is 14.0. The number of sulfone groups is 1. The van der Waals surface area contributed by atoms with Crippen LogP contribution >= 0.6 is 0 Å². The summed E-state index contributed by atoms with van der Waals surface area (Å²) in [4.78, 5) is 6.26. The first kappa shape index (κ1) is 21.0. The topological polar surface area (TPSA) is 73.8 Å². The Labute approximate surface area is 169 Å². The number of benzene rings is 2. The van der Waals surface area contributed by atoms with E-state index in [0.29, 0.717) is 24.7 Å². The average Bonchev–Trinajstić information content (AvgIpc) is 3.16. The lowest BCUT2D eigenvalue weighted by Crippen LogP contribution is -2.45. The Kier molecular flexibility index (Phi) is 6.68. The van der Waals surface area contributed by atoms with E-state index >= 15 is 0 Å². The summed E-state index contributed by atoms with van der Waals surface area (Å²) in [5, 5.41) is 6.24. The van der Waals surface area contributed by atoms with Crippen molar-refractivity contribution in [3.8, 4) is 0 Å². The predicted octanol–water partition coefficient (Wildman–Crippen LogP) is 2.18. The summed E-state index contributed by atoms with van der Waals surface area (Å²) in [5.74, 6) is -0.760. The zero-order valence-electron chi connectivity index (χ0n) is 16.1. The highest BCUT2D eigenvalue weighted by molar-refractivity contribution is 7.91. The number of nitrogens with zero attached hydrogens (tertiary/aromatic N) is 2. The first-order valence-electron chi connectivity index (χ1n) is 9.34. The molecule has 1 fully saturated rings. The van der Waals surface area contributed by atoms with Crippen molar-refractivity contribution < 1.29 is 17.2 Å². The van der Waals surface area contributed by atoms with Crippen LogP contribution in [0.2, 0.25) is 0 Å². The van der Waals surface area contributed by atoms with Gasteiger partial charge in [-0.15, -0.1) is 0 Å². The molecule has 0 saturated carbocycles. The van der Waals surface area contributed by atoms with Crippen molar-refractivity contribution in [2.24, 2.45) is 4.99 Å². The van der Waals surface area contributed by atoms with Gasteiger partial charge in [0.15, 0.2) is 15.8 Å². The molecular weight excluding hydrogens is 398 g/mol. The molecule has 0 amide bonds. The van der Waals surface area contributed by atoms with Crippen molar-refractivity contribution in [1.29, 1.82) is 0 Å². The van der Waals surface area contributed by atoms with E-state index in [1.54, 1.807) is 37.4 Å². The third kappa shape index (κ3) is 5.44. The second-order valence-corrected chi connectivity index (χ2v) is 8.91. The molecule has 3 rings (SSSR count). The molecule has 0 aliphatic carbocycles. The number of guanidine groups is 1. The van der Waals surface area contributed by atoms with Crippen molar-refractivity contribution in [2.75, 3.05) is 37.3 Å². The average molecular weight is 423 g/mol. The quantitative estimate of drug-likeness (QED) is 0.552. The monoisotopic (exact) mass is 422 g/mol. The fourth-order valence-corrected chi connectivity index (χ4v) is 4.45. The van der Waals surface area contributed by atoms with Crippen molar-refractivity contribution >= 4 is 21.5 Å². The summed E-state index contributed by atoms with van der Waals surface area (Å²) < 4.78 is 51.7. The molecule has 156 valence electrons. The van der Waals surface area contributed by atoms with Crippen LogP contribution < -0.4 is 15.5 Å². The molecule has 1 atom stereocenters. The van der Waals surface area contributed by atoms with Gasteiger partial charge in [-0.1, -0.05) is 18.2 Å². The molecule has 9 heteroatoms. The van der Waals surface area contributed by atoms with Gasteiger partial charge in [0.2, 0.25) is 0 Å². The van der Waals surface area contributed by atoms with Gasteiger partial charge in [0, 0.05) is 38.8 Å². The molecule has 1 unspecified atom stereocenters. The number of nitrogens with one attached hydrogen (secondary N) is 2. The van der Waals surface area contributed by atoms with Crippen molar-refractivity contribution in [3.05, 3.63) is 60.2 Å². The molecule has 0 spiro atoms. The van der Waals surface area contributed by atoms with Crippen LogP contribution in [-0.4, -0.2) is 52.9 Å². The first-order valence-corrected chi connectivity index (χ1v) is 11.0. The highest BCUT2D eigenvalue weighted by Gasteiger charge is 2.25. The van der Waals surface area contributed by atoms with Gasteiger partial charge >= 0.3 is 0 Å². The summed E-state index contributed by atoms with van der Waals surface area (Å²) in [6.45, 7) is 1.37. The van der Waals surface area contributed by atoms with Gasteiger partial charge in [0.05, 0.1) is 16.3 Å². The number of anilines is 1. The Morgan fingerprint density at radius 3 is 2.66 bits per heavy atom. The van der Waals surface area contributed by atoms with Crippen LogP contribution in [-0.2, 0) is 9.84 Å². The summed E-state index contributed by atoms with van der Waals surface area (Å²) in [6.07, 6.45) is 0.750. The Morgan fingerprint density at radius 1 is 1.21 bits per heavy atom. The second-order valence-electron chi connectivity index (χ2n) is 6.80. The van der Waals surface area contributed by atoms with Gasteiger partial charge in [-0.05, 0) is 30.7 Å². The Morgan fingerprint density at radius 2 is 1.97 bits per heavy atom. The van der Waals surface area contributed by atoms with Crippen LogP contribution in [0.1, 0.15) is 6.42 Å². The van der Waals surface area contributed by atoms with E-state index in [4.69, 9.17) is 0 Å². The molecule has 1 saturated heterocycles. The molecule has 0 bridgehead atoms. The van der Waals surface area contributed by atoms with E-state index in [1.165, 1.54) is 12.1 Å². The highest BCUT2D eigenvalue weighted by atomic mass is 32.2. The maximum absolute atomic E-state index is 14.0. The van der Waals surface area contributed by atoms with Crippen molar-refractivity contribution in [2.45, 2.75) is 17.4 Å². The Hall–Kier alpha value is -2.68. The fourth-order valence-electron chi connectivity index (χ4n) is 3.27.